The van der Waals surface area contributed by atoms with Crippen molar-refractivity contribution in [3.05, 3.63) is 24.3 Å². The molecule has 0 aromatic heterocycles. The van der Waals surface area contributed by atoms with Crippen LogP contribution in [0.5, 0.6) is 5.75 Å². The van der Waals surface area contributed by atoms with Gasteiger partial charge in [0, 0.05) is 0 Å². The van der Waals surface area contributed by atoms with Crippen molar-refractivity contribution in [3.8, 4) is 5.75 Å². The molecule has 0 aliphatic heterocycles. The molecule has 27 heavy (non-hydrogen) atoms. The Balaban J connectivity index is 1.80. The number of halogens is 2. The third-order valence-corrected chi connectivity index (χ3v) is 5.01. The van der Waals surface area contributed by atoms with E-state index in [4.69, 9.17) is 4.74 Å². The summed E-state index contributed by atoms with van der Waals surface area (Å²) >= 11 is 0. The summed E-state index contributed by atoms with van der Waals surface area (Å²) < 4.78 is 34.3. The van der Waals surface area contributed by atoms with Gasteiger partial charge in [0.15, 0.2) is 6.61 Å². The molecule has 5 nitrogen and oxygen atoms in total. The van der Waals surface area contributed by atoms with E-state index in [0.717, 1.165) is 25.7 Å². The molecule has 1 fully saturated rings. The Labute approximate surface area is 158 Å². The highest BCUT2D eigenvalue weighted by atomic mass is 19.3. The van der Waals surface area contributed by atoms with Gasteiger partial charge >= 0.3 is 12.6 Å². The molecular weight excluding hydrogens is 356 g/mol. The van der Waals surface area contributed by atoms with E-state index in [0.29, 0.717) is 5.92 Å². The van der Waals surface area contributed by atoms with E-state index in [1.165, 1.54) is 18.2 Å². The Morgan fingerprint density at radius 1 is 1.15 bits per heavy atom. The first-order chi connectivity index (χ1) is 12.7. The van der Waals surface area contributed by atoms with Crippen LogP contribution in [0, 0.1) is 17.3 Å². The van der Waals surface area contributed by atoms with Crippen LogP contribution in [0.4, 0.5) is 14.5 Å². The SMILES string of the molecule is CC(C)(C)C1CCC(C(=O)OCC(=O)Nc2ccccc2OC(F)F)CC1. The average molecular weight is 383 g/mol. The van der Waals surface area contributed by atoms with Gasteiger partial charge in [0.2, 0.25) is 0 Å². The predicted octanol–water partition coefficient (Wildman–Crippen LogP) is 4.62. The van der Waals surface area contributed by atoms with Crippen molar-refractivity contribution in [3.63, 3.8) is 0 Å². The van der Waals surface area contributed by atoms with Gasteiger partial charge in [-0.15, -0.1) is 0 Å². The van der Waals surface area contributed by atoms with Gasteiger partial charge in [-0.25, -0.2) is 0 Å². The molecule has 1 amide bonds. The van der Waals surface area contributed by atoms with Crippen LogP contribution in [-0.2, 0) is 14.3 Å². The monoisotopic (exact) mass is 383 g/mol. The fraction of sp³-hybridized carbons (Fsp3) is 0.600. The van der Waals surface area contributed by atoms with Crippen LogP contribution >= 0.6 is 0 Å². The Morgan fingerprint density at radius 2 is 1.78 bits per heavy atom. The van der Waals surface area contributed by atoms with Gasteiger partial charge in [-0.3, -0.25) is 9.59 Å². The second kappa shape index (κ2) is 9.15. The number of para-hydroxylation sites is 2. The van der Waals surface area contributed by atoms with Gasteiger partial charge in [-0.05, 0) is 49.1 Å². The summed E-state index contributed by atoms with van der Waals surface area (Å²) in [5.41, 5.74) is 0.326. The summed E-state index contributed by atoms with van der Waals surface area (Å²) in [6.07, 6.45) is 3.45. The lowest BCUT2D eigenvalue weighted by atomic mass is 9.70. The number of amides is 1. The zero-order valence-electron chi connectivity index (χ0n) is 16.0. The highest BCUT2D eigenvalue weighted by Gasteiger charge is 2.33. The summed E-state index contributed by atoms with van der Waals surface area (Å²) in [6.45, 7) is 3.16. The number of rotatable bonds is 6. The Kier molecular flexibility index (Phi) is 7.16. The standard InChI is InChI=1S/C20H27F2NO4/c1-20(2,3)14-10-8-13(9-11-14)18(25)26-12-17(24)23-15-6-4-5-7-16(15)27-19(21)22/h4-7,13-14,19H,8-12H2,1-3H3,(H,23,24). The highest BCUT2D eigenvalue weighted by molar-refractivity contribution is 5.94. The second-order valence-electron chi connectivity index (χ2n) is 7.95. The molecule has 1 aliphatic rings. The third-order valence-electron chi connectivity index (χ3n) is 5.01. The Hall–Kier alpha value is -2.18. The number of carbonyl (C=O) groups is 2. The maximum atomic E-state index is 12.4. The molecular formula is C20H27F2NO4. The van der Waals surface area contributed by atoms with Gasteiger partial charge in [-0.2, -0.15) is 8.78 Å². The van der Waals surface area contributed by atoms with E-state index in [2.05, 4.69) is 30.8 Å². The van der Waals surface area contributed by atoms with Crippen molar-refractivity contribution in [1.82, 2.24) is 0 Å². The maximum Gasteiger partial charge on any atom is 0.387 e. The van der Waals surface area contributed by atoms with E-state index in [1.54, 1.807) is 6.07 Å². The normalized spacial score (nSPS) is 20.2. The molecule has 7 heteroatoms. The molecule has 0 unspecified atom stereocenters. The summed E-state index contributed by atoms with van der Waals surface area (Å²) in [6, 6.07) is 5.85. The number of esters is 1. The fourth-order valence-corrected chi connectivity index (χ4v) is 3.40. The topological polar surface area (TPSA) is 64.6 Å². The lowest BCUT2D eigenvalue weighted by Gasteiger charge is -2.36. The van der Waals surface area contributed by atoms with Crippen LogP contribution in [0.25, 0.3) is 0 Å². The molecule has 0 saturated heterocycles. The van der Waals surface area contributed by atoms with Gasteiger partial charge in [0.25, 0.3) is 5.91 Å². The number of benzene rings is 1. The van der Waals surface area contributed by atoms with Crippen molar-refractivity contribution >= 4 is 17.6 Å². The number of hydrogen-bond acceptors (Lipinski definition) is 4. The van der Waals surface area contributed by atoms with Crippen LogP contribution in [0.1, 0.15) is 46.5 Å². The van der Waals surface area contributed by atoms with Crippen molar-refractivity contribution in [2.45, 2.75) is 53.1 Å². The molecule has 0 atom stereocenters. The first-order valence-corrected chi connectivity index (χ1v) is 9.17. The largest absolute Gasteiger partial charge is 0.455 e. The Bertz CT molecular complexity index is 650. The molecule has 1 saturated carbocycles. The lowest BCUT2D eigenvalue weighted by molar-refractivity contribution is -0.153. The molecule has 1 N–H and O–H groups in total. The zero-order valence-corrected chi connectivity index (χ0v) is 16.0. The van der Waals surface area contributed by atoms with Crippen LogP contribution < -0.4 is 10.1 Å². The van der Waals surface area contributed by atoms with Crippen LogP contribution in [-0.4, -0.2) is 25.1 Å². The lowest BCUT2D eigenvalue weighted by Crippen LogP contribution is -2.31. The van der Waals surface area contributed by atoms with Gasteiger partial charge < -0.3 is 14.8 Å². The number of ether oxygens (including phenoxy) is 2. The molecule has 0 spiro atoms. The highest BCUT2D eigenvalue weighted by Crippen LogP contribution is 2.40. The molecule has 0 radical (unpaired) electrons. The quantitative estimate of drug-likeness (QED) is 0.728. The molecule has 2 rings (SSSR count). The molecule has 1 aliphatic carbocycles. The summed E-state index contributed by atoms with van der Waals surface area (Å²) in [4.78, 5) is 24.2. The molecule has 150 valence electrons. The van der Waals surface area contributed by atoms with Crippen molar-refractivity contribution in [2.24, 2.45) is 17.3 Å². The van der Waals surface area contributed by atoms with Crippen LogP contribution in [0.3, 0.4) is 0 Å². The van der Waals surface area contributed by atoms with E-state index in [-0.39, 0.29) is 28.7 Å². The van der Waals surface area contributed by atoms with E-state index >= 15 is 0 Å². The zero-order chi connectivity index (χ0) is 20.0. The maximum absolute atomic E-state index is 12.4. The minimum atomic E-state index is -3.00. The van der Waals surface area contributed by atoms with Crippen molar-refractivity contribution < 1.29 is 27.8 Å². The van der Waals surface area contributed by atoms with Crippen LogP contribution in [0.15, 0.2) is 24.3 Å². The average Bonchev–Trinajstić information content (AvgIpc) is 2.60. The number of nitrogens with one attached hydrogen (secondary N) is 1. The van der Waals surface area contributed by atoms with E-state index in [1.807, 2.05) is 0 Å². The number of carbonyl (C=O) groups excluding carboxylic acids is 2. The van der Waals surface area contributed by atoms with Gasteiger partial charge in [0.05, 0.1) is 11.6 Å². The fourth-order valence-electron chi connectivity index (χ4n) is 3.40. The van der Waals surface area contributed by atoms with E-state index < -0.39 is 19.1 Å². The minimum Gasteiger partial charge on any atom is -0.455 e. The smallest absolute Gasteiger partial charge is 0.387 e. The summed E-state index contributed by atoms with van der Waals surface area (Å²) in [7, 11) is 0. The minimum absolute atomic E-state index is 0.101. The van der Waals surface area contributed by atoms with E-state index in [9.17, 15) is 18.4 Å². The number of anilines is 1. The summed E-state index contributed by atoms with van der Waals surface area (Å²) in [5, 5.41) is 2.43. The number of hydrogen-bond donors (Lipinski definition) is 1. The molecule has 1 aromatic carbocycles. The van der Waals surface area contributed by atoms with Crippen molar-refractivity contribution in [2.75, 3.05) is 11.9 Å². The third kappa shape index (κ3) is 6.48. The van der Waals surface area contributed by atoms with Gasteiger partial charge in [-0.1, -0.05) is 32.9 Å². The second-order valence-corrected chi connectivity index (χ2v) is 7.95. The molecule has 1 aromatic rings. The van der Waals surface area contributed by atoms with Gasteiger partial charge in [0.1, 0.15) is 5.75 Å². The summed E-state index contributed by atoms with van der Waals surface area (Å²) in [5.74, 6) is -0.735. The Morgan fingerprint density at radius 3 is 2.37 bits per heavy atom. The molecule has 0 heterocycles. The van der Waals surface area contributed by atoms with Crippen molar-refractivity contribution in [1.29, 1.82) is 0 Å². The number of alkyl halides is 2. The molecule has 0 bridgehead atoms. The predicted molar refractivity (Wildman–Crippen MR) is 97.6 cm³/mol. The van der Waals surface area contributed by atoms with Crippen LogP contribution in [0.2, 0.25) is 0 Å². The first-order valence-electron chi connectivity index (χ1n) is 9.17. The first kappa shape index (κ1) is 21.1.